The molecule has 3 rings (SSSR count). The first-order chi connectivity index (χ1) is 9.22. The van der Waals surface area contributed by atoms with E-state index < -0.39 is 0 Å². The Morgan fingerprint density at radius 2 is 1.95 bits per heavy atom. The molecule has 0 aromatic heterocycles. The topological polar surface area (TPSA) is 30.5 Å². The Hall–Kier alpha value is -2.23. The van der Waals surface area contributed by atoms with Crippen molar-refractivity contribution < 1.29 is 13.9 Å². The zero-order valence-corrected chi connectivity index (χ0v) is 10.5. The SMILES string of the molecule is CC(Nc1ccc2c(c1)OCO2)c1cccc(F)c1. The minimum Gasteiger partial charge on any atom is -0.454 e. The molecule has 0 aliphatic carbocycles. The van der Waals surface area contributed by atoms with Crippen molar-refractivity contribution in [2.45, 2.75) is 13.0 Å². The summed E-state index contributed by atoms with van der Waals surface area (Å²) >= 11 is 0. The van der Waals surface area contributed by atoms with Crippen LogP contribution in [0.15, 0.2) is 42.5 Å². The zero-order chi connectivity index (χ0) is 13.2. The second-order valence-corrected chi connectivity index (χ2v) is 4.49. The predicted molar refractivity (Wildman–Crippen MR) is 71.0 cm³/mol. The maximum Gasteiger partial charge on any atom is 0.231 e. The molecule has 0 saturated carbocycles. The molecule has 1 unspecified atom stereocenters. The van der Waals surface area contributed by atoms with Crippen molar-refractivity contribution in [3.05, 3.63) is 53.8 Å². The van der Waals surface area contributed by atoms with Gasteiger partial charge in [-0.1, -0.05) is 12.1 Å². The molecule has 1 heterocycles. The molecule has 1 aliphatic rings. The summed E-state index contributed by atoms with van der Waals surface area (Å²) in [4.78, 5) is 0. The molecule has 0 spiro atoms. The lowest BCUT2D eigenvalue weighted by Crippen LogP contribution is -2.06. The molecule has 0 fully saturated rings. The van der Waals surface area contributed by atoms with Crippen molar-refractivity contribution in [2.75, 3.05) is 12.1 Å². The molecule has 0 radical (unpaired) electrons. The van der Waals surface area contributed by atoms with Crippen LogP contribution in [-0.2, 0) is 0 Å². The summed E-state index contributed by atoms with van der Waals surface area (Å²) < 4.78 is 23.8. The van der Waals surface area contributed by atoms with E-state index in [4.69, 9.17) is 9.47 Å². The monoisotopic (exact) mass is 259 g/mol. The van der Waals surface area contributed by atoms with Gasteiger partial charge in [0, 0.05) is 17.8 Å². The van der Waals surface area contributed by atoms with E-state index in [1.165, 1.54) is 12.1 Å². The highest BCUT2D eigenvalue weighted by Crippen LogP contribution is 2.35. The van der Waals surface area contributed by atoms with Gasteiger partial charge in [0.05, 0.1) is 0 Å². The van der Waals surface area contributed by atoms with Gasteiger partial charge in [-0.3, -0.25) is 0 Å². The van der Waals surface area contributed by atoms with Crippen LogP contribution in [0.2, 0.25) is 0 Å². The third-order valence-electron chi connectivity index (χ3n) is 3.10. The fourth-order valence-corrected chi connectivity index (χ4v) is 2.10. The third kappa shape index (κ3) is 2.47. The normalized spacial score (nSPS) is 14.2. The lowest BCUT2D eigenvalue weighted by Gasteiger charge is -2.16. The molecular weight excluding hydrogens is 245 g/mol. The Morgan fingerprint density at radius 1 is 1.11 bits per heavy atom. The zero-order valence-electron chi connectivity index (χ0n) is 10.5. The van der Waals surface area contributed by atoms with Crippen molar-refractivity contribution in [1.29, 1.82) is 0 Å². The molecule has 0 bridgehead atoms. The number of halogens is 1. The Labute approximate surface area is 111 Å². The fraction of sp³-hybridized carbons (Fsp3) is 0.200. The predicted octanol–water partition coefficient (Wildman–Crippen LogP) is 3.73. The standard InChI is InChI=1S/C15H14FNO2/c1-10(11-3-2-4-12(16)7-11)17-13-5-6-14-15(8-13)19-9-18-14/h2-8,10,17H,9H2,1H3. The molecule has 2 aromatic rings. The summed E-state index contributed by atoms with van der Waals surface area (Å²) in [5, 5.41) is 3.31. The fourth-order valence-electron chi connectivity index (χ4n) is 2.10. The number of anilines is 1. The summed E-state index contributed by atoms with van der Waals surface area (Å²) in [6.07, 6.45) is 0. The number of fused-ring (bicyclic) bond motifs is 1. The van der Waals surface area contributed by atoms with Crippen molar-refractivity contribution in [2.24, 2.45) is 0 Å². The van der Waals surface area contributed by atoms with E-state index >= 15 is 0 Å². The lowest BCUT2D eigenvalue weighted by atomic mass is 10.1. The van der Waals surface area contributed by atoms with Gasteiger partial charge in [0.1, 0.15) is 5.82 Å². The van der Waals surface area contributed by atoms with Gasteiger partial charge in [0.15, 0.2) is 11.5 Å². The third-order valence-corrected chi connectivity index (χ3v) is 3.10. The summed E-state index contributed by atoms with van der Waals surface area (Å²) in [7, 11) is 0. The summed E-state index contributed by atoms with van der Waals surface area (Å²) in [5.41, 5.74) is 1.82. The van der Waals surface area contributed by atoms with Crippen molar-refractivity contribution in [3.8, 4) is 11.5 Å². The van der Waals surface area contributed by atoms with Gasteiger partial charge >= 0.3 is 0 Å². The molecule has 19 heavy (non-hydrogen) atoms. The first-order valence-electron chi connectivity index (χ1n) is 6.14. The molecule has 4 heteroatoms. The highest BCUT2D eigenvalue weighted by molar-refractivity contribution is 5.56. The van der Waals surface area contributed by atoms with Gasteiger partial charge in [-0.05, 0) is 36.8 Å². The molecule has 3 nitrogen and oxygen atoms in total. The average Bonchev–Trinajstić information content (AvgIpc) is 2.86. The van der Waals surface area contributed by atoms with E-state index in [0.29, 0.717) is 0 Å². The number of hydrogen-bond donors (Lipinski definition) is 1. The Balaban J connectivity index is 1.77. The van der Waals surface area contributed by atoms with Crippen LogP contribution >= 0.6 is 0 Å². The van der Waals surface area contributed by atoms with Crippen LogP contribution in [0, 0.1) is 5.82 Å². The quantitative estimate of drug-likeness (QED) is 0.911. The molecule has 98 valence electrons. The van der Waals surface area contributed by atoms with E-state index in [2.05, 4.69) is 5.32 Å². The van der Waals surface area contributed by atoms with Gasteiger partial charge < -0.3 is 14.8 Å². The number of rotatable bonds is 3. The Morgan fingerprint density at radius 3 is 2.79 bits per heavy atom. The number of hydrogen-bond acceptors (Lipinski definition) is 3. The smallest absolute Gasteiger partial charge is 0.231 e. The van der Waals surface area contributed by atoms with E-state index in [-0.39, 0.29) is 18.7 Å². The number of benzene rings is 2. The van der Waals surface area contributed by atoms with Crippen molar-refractivity contribution in [1.82, 2.24) is 0 Å². The highest BCUT2D eigenvalue weighted by Gasteiger charge is 2.14. The van der Waals surface area contributed by atoms with Gasteiger partial charge in [-0.2, -0.15) is 0 Å². The van der Waals surface area contributed by atoms with Crippen LogP contribution in [0.4, 0.5) is 10.1 Å². The van der Waals surface area contributed by atoms with E-state index in [1.54, 1.807) is 6.07 Å². The van der Waals surface area contributed by atoms with Crippen LogP contribution in [-0.4, -0.2) is 6.79 Å². The second-order valence-electron chi connectivity index (χ2n) is 4.49. The van der Waals surface area contributed by atoms with Gasteiger partial charge in [-0.15, -0.1) is 0 Å². The Bertz CT molecular complexity index is 600. The minimum absolute atomic E-state index is 0.0103. The van der Waals surface area contributed by atoms with Gasteiger partial charge in [0.2, 0.25) is 6.79 Å². The van der Waals surface area contributed by atoms with E-state index in [9.17, 15) is 4.39 Å². The van der Waals surface area contributed by atoms with Crippen molar-refractivity contribution in [3.63, 3.8) is 0 Å². The second kappa shape index (κ2) is 4.80. The molecule has 0 saturated heterocycles. The maximum atomic E-state index is 13.2. The number of nitrogens with one attached hydrogen (secondary N) is 1. The average molecular weight is 259 g/mol. The van der Waals surface area contributed by atoms with Gasteiger partial charge in [0.25, 0.3) is 0 Å². The molecule has 2 aromatic carbocycles. The highest BCUT2D eigenvalue weighted by atomic mass is 19.1. The van der Waals surface area contributed by atoms with Crippen LogP contribution in [0.1, 0.15) is 18.5 Å². The largest absolute Gasteiger partial charge is 0.454 e. The van der Waals surface area contributed by atoms with Crippen LogP contribution in [0.25, 0.3) is 0 Å². The minimum atomic E-state index is -0.225. The van der Waals surface area contributed by atoms with Crippen LogP contribution in [0.5, 0.6) is 11.5 Å². The first-order valence-corrected chi connectivity index (χ1v) is 6.14. The molecule has 1 aliphatic heterocycles. The summed E-state index contributed by atoms with van der Waals surface area (Å²) in [5.74, 6) is 1.26. The molecule has 1 atom stereocenters. The maximum absolute atomic E-state index is 13.2. The molecule has 1 N–H and O–H groups in total. The van der Waals surface area contributed by atoms with E-state index in [1.807, 2.05) is 31.2 Å². The first kappa shape index (κ1) is 11.8. The molecule has 0 amide bonds. The molecular formula is C15H14FNO2. The van der Waals surface area contributed by atoms with Gasteiger partial charge in [-0.25, -0.2) is 4.39 Å². The lowest BCUT2D eigenvalue weighted by molar-refractivity contribution is 0.174. The van der Waals surface area contributed by atoms with Crippen molar-refractivity contribution >= 4 is 5.69 Å². The summed E-state index contributed by atoms with van der Waals surface area (Å²) in [6, 6.07) is 12.3. The summed E-state index contributed by atoms with van der Waals surface area (Å²) in [6.45, 7) is 2.25. The van der Waals surface area contributed by atoms with E-state index in [0.717, 1.165) is 22.7 Å². The number of ether oxygens (including phenoxy) is 2. The van der Waals surface area contributed by atoms with Crippen LogP contribution in [0.3, 0.4) is 0 Å². The van der Waals surface area contributed by atoms with Crippen LogP contribution < -0.4 is 14.8 Å². The Kier molecular flexibility index (Phi) is 2.99.